The number of amides is 1. The fourth-order valence-corrected chi connectivity index (χ4v) is 3.54. The molecule has 29 heavy (non-hydrogen) atoms. The van der Waals surface area contributed by atoms with Gasteiger partial charge in [-0.15, -0.1) is 0 Å². The minimum Gasteiger partial charge on any atom is -0.464 e. The molecule has 3 rings (SSSR count). The summed E-state index contributed by atoms with van der Waals surface area (Å²) in [6.07, 6.45) is -4.07. The van der Waals surface area contributed by atoms with Gasteiger partial charge in [-0.1, -0.05) is 30.7 Å². The molecule has 156 valence electrons. The minimum atomic E-state index is -1.19. The maximum absolute atomic E-state index is 11.9. The summed E-state index contributed by atoms with van der Waals surface area (Å²) in [4.78, 5) is 11.9. The van der Waals surface area contributed by atoms with Gasteiger partial charge in [-0.05, 0) is 35.9 Å². The molecule has 4 N–H and O–H groups in total. The highest BCUT2D eigenvalue weighted by Crippen LogP contribution is 2.34. The number of nitrogens with one attached hydrogen (secondary N) is 1. The van der Waals surface area contributed by atoms with Crippen LogP contribution in [0, 0.1) is 5.92 Å². The van der Waals surface area contributed by atoms with E-state index in [1.807, 2.05) is 6.07 Å². The van der Waals surface area contributed by atoms with Gasteiger partial charge in [0.25, 0.3) is 5.91 Å². The van der Waals surface area contributed by atoms with Crippen molar-refractivity contribution in [1.82, 2.24) is 5.32 Å². The van der Waals surface area contributed by atoms with Crippen LogP contribution in [0.3, 0.4) is 0 Å². The molecule has 0 aromatic heterocycles. The van der Waals surface area contributed by atoms with E-state index in [1.165, 1.54) is 0 Å². The van der Waals surface area contributed by atoms with Crippen LogP contribution in [0.2, 0.25) is 5.02 Å². The SMILES string of the molecule is CNC(=O)c1cccc(-c2ccc(OC3OC(CO)C(O)C(O)C3C)cc2Cl)c1. The van der Waals surface area contributed by atoms with Gasteiger partial charge in [0.1, 0.15) is 18.0 Å². The number of halogens is 1. The molecule has 0 radical (unpaired) electrons. The van der Waals surface area contributed by atoms with Crippen LogP contribution in [0.15, 0.2) is 42.5 Å². The van der Waals surface area contributed by atoms with Crippen molar-refractivity contribution in [1.29, 1.82) is 0 Å². The zero-order valence-electron chi connectivity index (χ0n) is 16.1. The number of hydrogen-bond acceptors (Lipinski definition) is 6. The molecule has 5 atom stereocenters. The molecule has 8 heteroatoms. The molecule has 1 aliphatic rings. The first kappa shape index (κ1) is 21.5. The van der Waals surface area contributed by atoms with E-state index in [0.29, 0.717) is 16.3 Å². The van der Waals surface area contributed by atoms with Crippen LogP contribution in [-0.4, -0.2) is 59.5 Å². The molecule has 1 aliphatic heterocycles. The van der Waals surface area contributed by atoms with Gasteiger partial charge in [0.2, 0.25) is 6.29 Å². The molecule has 1 fully saturated rings. The molecule has 0 saturated carbocycles. The summed E-state index contributed by atoms with van der Waals surface area (Å²) in [5, 5.41) is 32.4. The van der Waals surface area contributed by atoms with E-state index in [0.717, 1.165) is 11.1 Å². The van der Waals surface area contributed by atoms with Crippen LogP contribution in [0.4, 0.5) is 0 Å². The first-order valence-electron chi connectivity index (χ1n) is 9.27. The lowest BCUT2D eigenvalue weighted by Gasteiger charge is -2.40. The predicted molar refractivity (Wildman–Crippen MR) is 108 cm³/mol. The van der Waals surface area contributed by atoms with E-state index in [4.69, 9.17) is 21.1 Å². The molecule has 7 nitrogen and oxygen atoms in total. The molecular weight excluding hydrogens is 398 g/mol. The first-order chi connectivity index (χ1) is 13.8. The number of aliphatic hydroxyl groups is 3. The summed E-state index contributed by atoms with van der Waals surface area (Å²) in [5.74, 6) is -0.292. The maximum Gasteiger partial charge on any atom is 0.251 e. The van der Waals surface area contributed by atoms with E-state index in [9.17, 15) is 20.1 Å². The Morgan fingerprint density at radius 2 is 1.97 bits per heavy atom. The average molecular weight is 422 g/mol. The van der Waals surface area contributed by atoms with Crippen molar-refractivity contribution in [2.24, 2.45) is 5.92 Å². The molecule has 5 unspecified atom stereocenters. The number of carbonyl (C=O) groups excluding carboxylic acids is 1. The minimum absolute atomic E-state index is 0.189. The lowest BCUT2D eigenvalue weighted by molar-refractivity contribution is -0.256. The lowest BCUT2D eigenvalue weighted by atomic mass is 9.92. The van der Waals surface area contributed by atoms with Crippen LogP contribution < -0.4 is 10.1 Å². The molecule has 1 saturated heterocycles. The number of benzene rings is 2. The Balaban J connectivity index is 1.80. The second kappa shape index (κ2) is 9.11. The molecule has 1 amide bonds. The van der Waals surface area contributed by atoms with Crippen LogP contribution in [0.1, 0.15) is 17.3 Å². The lowest BCUT2D eigenvalue weighted by Crippen LogP contribution is -2.56. The van der Waals surface area contributed by atoms with Crippen molar-refractivity contribution >= 4 is 17.5 Å². The van der Waals surface area contributed by atoms with Crippen molar-refractivity contribution in [3.8, 4) is 16.9 Å². The van der Waals surface area contributed by atoms with Gasteiger partial charge in [-0.2, -0.15) is 0 Å². The van der Waals surface area contributed by atoms with E-state index in [1.54, 1.807) is 50.4 Å². The van der Waals surface area contributed by atoms with Gasteiger partial charge in [-0.25, -0.2) is 0 Å². The van der Waals surface area contributed by atoms with E-state index in [-0.39, 0.29) is 5.91 Å². The second-order valence-electron chi connectivity index (χ2n) is 6.99. The van der Waals surface area contributed by atoms with Gasteiger partial charge in [-0.3, -0.25) is 4.79 Å². The normalized spacial score (nSPS) is 26.8. The summed E-state index contributed by atoms with van der Waals surface area (Å²) in [5.41, 5.74) is 2.03. The Kier molecular flexibility index (Phi) is 6.77. The fourth-order valence-electron chi connectivity index (χ4n) is 3.26. The summed E-state index contributed by atoms with van der Waals surface area (Å²) < 4.78 is 11.4. The Bertz CT molecular complexity index is 874. The van der Waals surface area contributed by atoms with Crippen LogP contribution >= 0.6 is 11.6 Å². The van der Waals surface area contributed by atoms with Gasteiger partial charge in [0, 0.05) is 24.1 Å². The summed E-state index contributed by atoms with van der Waals surface area (Å²) in [6.45, 7) is 1.25. The molecular formula is C21H24ClNO6. The number of ether oxygens (including phenoxy) is 2. The Labute approximate surface area is 173 Å². The van der Waals surface area contributed by atoms with Gasteiger partial charge in [0.15, 0.2) is 0 Å². The van der Waals surface area contributed by atoms with Crippen molar-refractivity contribution in [2.45, 2.75) is 31.5 Å². The first-order valence-corrected chi connectivity index (χ1v) is 9.64. The quantitative estimate of drug-likeness (QED) is 0.586. The highest BCUT2D eigenvalue weighted by molar-refractivity contribution is 6.33. The van der Waals surface area contributed by atoms with E-state index in [2.05, 4.69) is 5.32 Å². The topological polar surface area (TPSA) is 108 Å². The fraction of sp³-hybridized carbons (Fsp3) is 0.381. The van der Waals surface area contributed by atoms with Crippen molar-refractivity contribution < 1.29 is 29.6 Å². The zero-order chi connectivity index (χ0) is 21.1. The standard InChI is InChI=1S/C21H24ClNO6/c1-11-18(25)19(26)17(10-24)29-21(11)28-14-6-7-15(16(22)9-14)12-4-3-5-13(8-12)20(27)23-2/h3-9,11,17-19,21,24-26H,10H2,1-2H3,(H,23,27). The summed E-state index contributed by atoms with van der Waals surface area (Å²) in [6, 6.07) is 12.2. The molecule has 1 heterocycles. The molecule has 0 bridgehead atoms. The van der Waals surface area contributed by atoms with E-state index >= 15 is 0 Å². The predicted octanol–water partition coefficient (Wildman–Crippen LogP) is 1.82. The highest BCUT2D eigenvalue weighted by atomic mass is 35.5. The third-order valence-electron chi connectivity index (χ3n) is 5.04. The van der Waals surface area contributed by atoms with Crippen molar-refractivity contribution in [3.63, 3.8) is 0 Å². The molecule has 0 spiro atoms. The van der Waals surface area contributed by atoms with Gasteiger partial charge < -0.3 is 30.1 Å². The zero-order valence-corrected chi connectivity index (χ0v) is 16.8. The number of rotatable bonds is 5. The van der Waals surface area contributed by atoms with Crippen LogP contribution in [-0.2, 0) is 4.74 Å². The average Bonchev–Trinajstić information content (AvgIpc) is 2.73. The highest BCUT2D eigenvalue weighted by Gasteiger charge is 2.43. The third-order valence-corrected chi connectivity index (χ3v) is 5.36. The molecule has 0 aliphatic carbocycles. The number of carbonyl (C=O) groups is 1. The third kappa shape index (κ3) is 4.55. The Morgan fingerprint density at radius 3 is 2.62 bits per heavy atom. The van der Waals surface area contributed by atoms with Crippen molar-refractivity contribution in [2.75, 3.05) is 13.7 Å². The van der Waals surface area contributed by atoms with Crippen LogP contribution in [0.25, 0.3) is 11.1 Å². The largest absolute Gasteiger partial charge is 0.464 e. The smallest absolute Gasteiger partial charge is 0.251 e. The van der Waals surface area contributed by atoms with Gasteiger partial charge in [0.05, 0.1) is 17.7 Å². The summed E-state index contributed by atoms with van der Waals surface area (Å²) >= 11 is 6.44. The summed E-state index contributed by atoms with van der Waals surface area (Å²) in [7, 11) is 1.57. The Morgan fingerprint density at radius 1 is 1.21 bits per heavy atom. The maximum atomic E-state index is 11.9. The monoisotopic (exact) mass is 421 g/mol. The van der Waals surface area contributed by atoms with Crippen molar-refractivity contribution in [3.05, 3.63) is 53.1 Å². The molecule has 2 aromatic rings. The van der Waals surface area contributed by atoms with E-state index < -0.39 is 37.1 Å². The second-order valence-corrected chi connectivity index (χ2v) is 7.39. The van der Waals surface area contributed by atoms with Gasteiger partial charge >= 0.3 is 0 Å². The Hall–Kier alpha value is -2.16. The van der Waals surface area contributed by atoms with Crippen LogP contribution in [0.5, 0.6) is 5.75 Å². The number of aliphatic hydroxyl groups excluding tert-OH is 3. The number of hydrogen-bond donors (Lipinski definition) is 4. The molecule has 2 aromatic carbocycles.